The van der Waals surface area contributed by atoms with Gasteiger partial charge in [0.05, 0.1) is 86.7 Å². The highest BCUT2D eigenvalue weighted by molar-refractivity contribution is 6.75. The Morgan fingerprint density at radius 2 is 1.05 bits per heavy atom. The number of cyclic esters (lactones) is 1. The molecule has 24 heteroatoms. The van der Waals surface area contributed by atoms with E-state index in [0.717, 1.165) is 0 Å². The van der Waals surface area contributed by atoms with Gasteiger partial charge in [0.1, 0.15) is 18.1 Å². The molecule has 0 aromatic rings. The second-order valence-corrected chi connectivity index (χ2v) is 55.6. The number of carbonyl (C=O) groups excluding carboxylic acids is 2. The molecule has 0 amide bonds. The zero-order valence-corrected chi connectivity index (χ0v) is 73.0. The minimum atomic E-state index is -2.72. The van der Waals surface area contributed by atoms with Crippen molar-refractivity contribution in [3.05, 3.63) is 95.5 Å². The summed E-state index contributed by atoms with van der Waals surface area (Å²) in [6.07, 6.45) is 19.8. The van der Waals surface area contributed by atoms with Crippen LogP contribution in [0.2, 0.25) is 72.5 Å². The van der Waals surface area contributed by atoms with Crippen molar-refractivity contribution in [3.8, 4) is 0 Å². The smallest absolute Gasteiger partial charge is 0.313 e. The number of fused-ring (bicyclic) bond motifs is 5. The number of allylic oxidation sites excluding steroid dienone is 12. The molecule has 5 aliphatic heterocycles. The Kier molecular flexibility index (Phi) is 32.1. The van der Waals surface area contributed by atoms with Crippen molar-refractivity contribution in [2.45, 2.75) is 371 Å². The van der Waals surface area contributed by atoms with Crippen LogP contribution >= 0.6 is 0 Å². The number of ether oxygens (including phenoxy) is 10. The molecule has 20 nitrogen and oxygen atoms in total. The molecule has 0 saturated carbocycles. The largest absolute Gasteiger partial charge is 0.469 e. The third-order valence-electron chi connectivity index (χ3n) is 23.2. The van der Waals surface area contributed by atoms with E-state index in [1.54, 1.807) is 7.11 Å². The van der Waals surface area contributed by atoms with Gasteiger partial charge in [-0.05, 0) is 138 Å². The van der Waals surface area contributed by atoms with Crippen molar-refractivity contribution in [2.24, 2.45) is 22.9 Å². The Balaban J connectivity index is 1.68. The van der Waals surface area contributed by atoms with Crippen LogP contribution < -0.4 is 0 Å². The number of hydrogen-bond acceptors (Lipinski definition) is 18. The zero-order valence-electron chi connectivity index (χ0n) is 69.0. The molecule has 0 radical (unpaired) electrons. The monoisotopic (exact) mass is 1510 g/mol. The molecular weight excluding hydrogens is 1380 g/mol. The molecule has 4 bridgehead atoms. The van der Waals surface area contributed by atoms with Crippen LogP contribution in [0.4, 0.5) is 0 Å². The maximum atomic E-state index is 14.9. The molecule has 5 rings (SSSR count). The van der Waals surface area contributed by atoms with Crippen LogP contribution in [0.3, 0.4) is 0 Å². The lowest BCUT2D eigenvalue weighted by Crippen LogP contribution is -2.62. The summed E-state index contributed by atoms with van der Waals surface area (Å²) in [6, 6.07) is -1.08. The van der Waals surface area contributed by atoms with Crippen LogP contribution in [-0.4, -0.2) is 174 Å². The first-order chi connectivity index (χ1) is 47.2. The zero-order chi connectivity index (χ0) is 77.9. The summed E-state index contributed by atoms with van der Waals surface area (Å²) in [4.78, 5) is 32.3. The molecule has 4 fully saturated rings. The second kappa shape index (κ2) is 36.5. The van der Waals surface area contributed by atoms with Gasteiger partial charge in [0.25, 0.3) is 0 Å². The van der Waals surface area contributed by atoms with Gasteiger partial charge in [0.15, 0.2) is 56.9 Å². The summed E-state index contributed by atoms with van der Waals surface area (Å²) >= 11 is 0. The number of methoxy groups -OCH3 is 2. The first kappa shape index (κ1) is 90.4. The molecule has 1 N–H and O–H groups in total. The van der Waals surface area contributed by atoms with E-state index in [0.29, 0.717) is 25.7 Å². The summed E-state index contributed by atoms with van der Waals surface area (Å²) in [6.45, 7) is 59.5. The van der Waals surface area contributed by atoms with Gasteiger partial charge in [0, 0.05) is 50.0 Å². The van der Waals surface area contributed by atoms with E-state index < -0.39 is 142 Å². The van der Waals surface area contributed by atoms with Crippen LogP contribution in [0.5, 0.6) is 0 Å². The number of nitrogens with zero attached hydrogens (tertiary/aromatic N) is 3. The van der Waals surface area contributed by atoms with Gasteiger partial charge < -0.3 is 70.2 Å². The lowest BCUT2D eigenvalue weighted by molar-refractivity contribution is -0.315. The Labute approximate surface area is 625 Å². The fraction of sp³-hybridized carbons (Fsp3) is 0.797. The van der Waals surface area contributed by atoms with Gasteiger partial charge in [-0.2, -0.15) is 0 Å². The van der Waals surface area contributed by atoms with Crippen LogP contribution in [0.25, 0.3) is 10.4 Å². The van der Waals surface area contributed by atoms with E-state index in [1.165, 1.54) is 7.11 Å². The summed E-state index contributed by atoms with van der Waals surface area (Å²) < 4.78 is 96.2. The third-order valence-corrected chi connectivity index (χ3v) is 41.2. The van der Waals surface area contributed by atoms with Gasteiger partial charge in [-0.1, -0.05) is 187 Å². The van der Waals surface area contributed by atoms with E-state index in [4.69, 9.17) is 65.1 Å². The Hall–Kier alpha value is -3.22. The number of aliphatic hydroxyl groups excluding tert-OH is 1. The Morgan fingerprint density at radius 1 is 0.573 bits per heavy atom. The van der Waals surface area contributed by atoms with E-state index in [-0.39, 0.29) is 75.8 Å². The molecule has 0 aromatic carbocycles. The lowest BCUT2D eigenvalue weighted by atomic mass is 9.82. The minimum absolute atomic E-state index is 0.00544. The van der Waals surface area contributed by atoms with E-state index >= 15 is 0 Å². The molecule has 0 aliphatic carbocycles. The second-order valence-electron chi connectivity index (χ2n) is 36.6. The number of hydrogen-bond donors (Lipinski definition) is 1. The maximum Gasteiger partial charge on any atom is 0.313 e. The van der Waals surface area contributed by atoms with Crippen molar-refractivity contribution >= 4 is 45.2 Å². The van der Waals surface area contributed by atoms with Crippen molar-refractivity contribution in [2.75, 3.05) is 14.2 Å². The highest BCUT2D eigenvalue weighted by Crippen LogP contribution is 2.49. The summed E-state index contributed by atoms with van der Waals surface area (Å²) in [7, 11) is -7.14. The molecule has 0 aromatic heterocycles. The Bertz CT molecular complexity index is 3000. The number of aliphatic hydroxyl groups is 1. The Morgan fingerprint density at radius 3 is 1.56 bits per heavy atom. The lowest BCUT2D eigenvalue weighted by Gasteiger charge is -2.52. The average molecular weight is 1520 g/mol. The molecule has 5 aliphatic rings. The molecule has 5 heterocycles. The maximum absolute atomic E-state index is 14.9. The standard InChI is InChI=1S/C79H139N3O17Si4/c1-53-43-41-39-37-35-33-31-32-34-36-38-40-42-44-57(90-72-68(84)67(81-82-80)70(56(4)89-72)99-103(29,30)76(14,15)16)48-63-66(71(85)86-21)64(97-101(25,26)74(8,9)10)52-79(87-22,95-63)51-60(96-100(23,24)73(5,6)7)49-62-61(93-78(19,20)94-62)46-45-58-47-59(92-77(17,18)91-58)50-65(83)88-55(3)54(2)69(53)98-102(27,28)75(11,12)13/h31-44,53-64,66-70,72,84H,45-52H2,1-30H3/b32-31+,35-33+,36-34+,39-37+,40-38+,43-41+,44-42+/t53-,54-,55-,56+,57-,58+,59+,60-,61+,62+,63-,64-,66-,67+,68+,69+,70+,72-,79+/m0/s1. The fourth-order valence-corrected chi connectivity index (χ4v) is 18.6. The van der Waals surface area contributed by atoms with E-state index in [2.05, 4.69) is 165 Å². The molecule has 588 valence electrons. The van der Waals surface area contributed by atoms with E-state index in [9.17, 15) is 20.2 Å². The SMILES string of the molecule is COC(=O)[C@H]1[C@@H]2C[C@@H](O[C@@H]3O[C@H](C)[C@@H](O[Si](C)(C)C(C)(C)C)[C@H](N=[N+]=[N-])[C@H]3O)/C=C/C=C/C=C/C=C/C=C/C=C/C=C/[C@H](C)[C@@H](O[Si](C)(C)C(C)(C)C)[C@@H](C)[C@H](C)OC(=O)C[C@H]3C[C@@H](CC[C@H]4OC(C)(C)O[C@@H]4C[C@H](O[Si](C)(C)C(C)(C)C)C[C@](OC)(C[C@@H]1O[Si](C)(C)C(C)(C)C)O2)OC(C)(C)O3. The van der Waals surface area contributed by atoms with Gasteiger partial charge in [-0.25, -0.2) is 0 Å². The van der Waals surface area contributed by atoms with Crippen molar-refractivity contribution in [1.29, 1.82) is 0 Å². The minimum Gasteiger partial charge on any atom is -0.469 e. The summed E-state index contributed by atoms with van der Waals surface area (Å²) in [5, 5.41) is 15.8. The van der Waals surface area contributed by atoms with Gasteiger partial charge in [0.2, 0.25) is 0 Å². The molecule has 19 atom stereocenters. The number of rotatable bonds is 13. The van der Waals surface area contributed by atoms with Crippen LogP contribution in [0, 0.1) is 17.8 Å². The predicted molar refractivity (Wildman–Crippen MR) is 419 cm³/mol. The normalized spacial score (nSPS) is 36.5. The summed E-state index contributed by atoms with van der Waals surface area (Å²) in [5.74, 6) is -5.42. The summed E-state index contributed by atoms with van der Waals surface area (Å²) in [5.41, 5.74) is 10.1. The molecule has 0 unspecified atom stereocenters. The molecular formula is C79H139N3O17Si4. The van der Waals surface area contributed by atoms with Crippen LogP contribution in [-0.2, 0) is 74.7 Å². The highest BCUT2D eigenvalue weighted by atomic mass is 28.4. The predicted octanol–water partition coefficient (Wildman–Crippen LogP) is 18.5. The number of esters is 2. The van der Waals surface area contributed by atoms with Crippen LogP contribution in [0.1, 0.15) is 190 Å². The number of carbonyl (C=O) groups is 2. The first-order valence-electron chi connectivity index (χ1n) is 37.9. The van der Waals surface area contributed by atoms with Crippen LogP contribution in [0.15, 0.2) is 90.2 Å². The fourth-order valence-electron chi connectivity index (χ4n) is 13.1. The van der Waals surface area contributed by atoms with Crippen molar-refractivity contribution in [1.82, 2.24) is 0 Å². The third kappa shape index (κ3) is 25.7. The van der Waals surface area contributed by atoms with E-state index in [1.807, 2.05) is 121 Å². The van der Waals surface area contributed by atoms with Gasteiger partial charge in [-0.3, -0.25) is 9.59 Å². The van der Waals surface area contributed by atoms with Crippen molar-refractivity contribution < 1.29 is 79.8 Å². The quantitative estimate of drug-likeness (QED) is 0.0593. The van der Waals surface area contributed by atoms with Gasteiger partial charge in [-0.15, -0.1) is 0 Å². The number of azide groups is 1. The first-order valence-corrected chi connectivity index (χ1v) is 49.5. The molecule has 103 heavy (non-hydrogen) atoms. The average Bonchev–Trinajstić information content (AvgIpc) is 0.889. The van der Waals surface area contributed by atoms with Crippen molar-refractivity contribution in [3.63, 3.8) is 0 Å². The molecule has 0 spiro atoms. The topological polar surface area (TPSA) is 232 Å². The van der Waals surface area contributed by atoms with Gasteiger partial charge >= 0.3 is 11.9 Å². The molecule has 4 saturated heterocycles. The highest BCUT2D eigenvalue weighted by Gasteiger charge is 2.58.